The molecule has 5 aromatic rings. The third kappa shape index (κ3) is 13.8. The molecule has 1 heterocycles. The number of halogens is 1. The molecule has 7 heteroatoms. The number of benzene rings is 4. The molecule has 5 rings (SSSR count). The van der Waals surface area contributed by atoms with Gasteiger partial charge in [-0.05, 0) is 84.5 Å². The van der Waals surface area contributed by atoms with Crippen LogP contribution >= 0.6 is 22.9 Å². The lowest BCUT2D eigenvalue weighted by atomic mass is 9.76. The van der Waals surface area contributed by atoms with Gasteiger partial charge < -0.3 is 0 Å². The summed E-state index contributed by atoms with van der Waals surface area (Å²) >= 11 is 8.55. The van der Waals surface area contributed by atoms with Crippen molar-refractivity contribution in [2.24, 2.45) is 0 Å². The molecule has 0 amide bonds. The minimum atomic E-state index is -4.02. The van der Waals surface area contributed by atoms with E-state index in [0.717, 1.165) is 63.5 Å². The molecule has 0 fully saturated rings. The van der Waals surface area contributed by atoms with Crippen LogP contribution in [0.3, 0.4) is 0 Å². The van der Waals surface area contributed by atoms with Crippen molar-refractivity contribution in [1.82, 2.24) is 4.98 Å². The van der Waals surface area contributed by atoms with Crippen LogP contribution in [0.2, 0.25) is 5.02 Å². The van der Waals surface area contributed by atoms with Crippen LogP contribution in [0.4, 0.5) is 0 Å². The highest BCUT2D eigenvalue weighted by Gasteiger charge is 2.33. The van der Waals surface area contributed by atoms with Gasteiger partial charge in [-0.15, -0.1) is 11.3 Å². The Hall–Kier alpha value is -3.03. The molecule has 0 aliphatic heterocycles. The zero-order chi connectivity index (χ0) is 39.4. The van der Waals surface area contributed by atoms with Crippen LogP contribution in [0, 0.1) is 0 Å². The molecule has 302 valence electrons. The number of aromatic nitrogens is 1. The van der Waals surface area contributed by atoms with E-state index in [1.54, 1.807) is 23.5 Å². The van der Waals surface area contributed by atoms with Crippen molar-refractivity contribution in [3.63, 3.8) is 0 Å². The predicted octanol–water partition coefficient (Wildman–Crippen LogP) is 15.2. The molecule has 0 N–H and O–H groups in total. The van der Waals surface area contributed by atoms with Gasteiger partial charge in [0.05, 0.1) is 26.7 Å². The molecule has 1 aromatic heterocycles. The minimum Gasteiger partial charge on any atom is -0.266 e. The highest BCUT2D eigenvalue weighted by Crippen LogP contribution is 2.45. The fourth-order valence-corrected chi connectivity index (χ4v) is 10.4. The summed E-state index contributed by atoms with van der Waals surface area (Å²) in [5.74, 6) is -0.176. The van der Waals surface area contributed by atoms with Gasteiger partial charge in [0, 0.05) is 10.9 Å². The van der Waals surface area contributed by atoms with E-state index >= 15 is 0 Å². The van der Waals surface area contributed by atoms with E-state index in [2.05, 4.69) is 56.3 Å². The van der Waals surface area contributed by atoms with E-state index < -0.39 is 10.1 Å². The van der Waals surface area contributed by atoms with Gasteiger partial charge in [0.1, 0.15) is 0 Å². The molecule has 3 unspecified atom stereocenters. The zero-order valence-electron chi connectivity index (χ0n) is 33.8. The number of aryl methyl sites for hydroxylation is 1. The first kappa shape index (κ1) is 44.1. The molecule has 0 bridgehead atoms. The molecule has 0 spiro atoms. The molecule has 0 aliphatic carbocycles. The van der Waals surface area contributed by atoms with Gasteiger partial charge in [0.25, 0.3) is 10.1 Å². The molecule has 4 nitrogen and oxygen atoms in total. The average Bonchev–Trinajstić information content (AvgIpc) is 3.65. The van der Waals surface area contributed by atoms with Crippen molar-refractivity contribution in [3.8, 4) is 0 Å². The minimum absolute atomic E-state index is 0.00614. The van der Waals surface area contributed by atoms with Gasteiger partial charge in [-0.2, -0.15) is 8.42 Å². The standard InChI is InChI=1S/C49H64ClNO3S2/c1-3-5-7-9-10-11-12-13-15-17-25-39-33-35-42(36-34-39)56(52,53)54-38-45(49-51-47-31-23-24-32-48(47)55-49)44(40-26-19-16-20-27-40)37-41(28-18-14-8-6-4-2)43-29-21-22-30-46(43)50/h16,19-24,26-27,29-36,41,44-45H,3-15,17-18,25,28,37-38H2,1-2H3. The lowest BCUT2D eigenvalue weighted by molar-refractivity contribution is 0.264. The van der Waals surface area contributed by atoms with Gasteiger partial charge in [-0.3, -0.25) is 4.18 Å². The van der Waals surface area contributed by atoms with Crippen LogP contribution in [0.15, 0.2) is 108 Å². The second-order valence-corrected chi connectivity index (χ2v) is 18.7. The Labute approximate surface area is 347 Å². The molecule has 4 aromatic carbocycles. The van der Waals surface area contributed by atoms with E-state index in [4.69, 9.17) is 20.8 Å². The first-order valence-electron chi connectivity index (χ1n) is 21.5. The van der Waals surface area contributed by atoms with Crippen LogP contribution in [0.25, 0.3) is 10.2 Å². The van der Waals surface area contributed by atoms with E-state index in [9.17, 15) is 8.42 Å². The highest BCUT2D eigenvalue weighted by molar-refractivity contribution is 7.86. The van der Waals surface area contributed by atoms with Crippen molar-refractivity contribution in [1.29, 1.82) is 0 Å². The van der Waals surface area contributed by atoms with Crippen LogP contribution in [0.5, 0.6) is 0 Å². The number of para-hydroxylation sites is 1. The molecule has 0 saturated heterocycles. The fourth-order valence-electron chi connectivity index (χ4n) is 8.02. The third-order valence-electron chi connectivity index (χ3n) is 11.3. The van der Waals surface area contributed by atoms with Crippen molar-refractivity contribution < 1.29 is 12.6 Å². The summed E-state index contributed by atoms with van der Waals surface area (Å²) in [5, 5.41) is 1.67. The second-order valence-electron chi connectivity index (χ2n) is 15.6. The number of hydrogen-bond donors (Lipinski definition) is 0. The Morgan fingerprint density at radius 2 is 1.23 bits per heavy atom. The highest BCUT2D eigenvalue weighted by atomic mass is 35.5. The summed E-state index contributed by atoms with van der Waals surface area (Å²) in [6.07, 6.45) is 21.7. The lowest BCUT2D eigenvalue weighted by Gasteiger charge is -2.30. The Bertz CT molecular complexity index is 1910. The van der Waals surface area contributed by atoms with Gasteiger partial charge >= 0.3 is 0 Å². The molecular weight excluding hydrogens is 750 g/mol. The van der Waals surface area contributed by atoms with Gasteiger partial charge in [-0.25, -0.2) is 4.98 Å². The van der Waals surface area contributed by atoms with Gasteiger partial charge in [0.15, 0.2) is 0 Å². The molecule has 0 radical (unpaired) electrons. The predicted molar refractivity (Wildman–Crippen MR) is 239 cm³/mol. The number of fused-ring (bicyclic) bond motifs is 1. The normalized spacial score (nSPS) is 13.6. The van der Waals surface area contributed by atoms with Gasteiger partial charge in [-0.1, -0.05) is 188 Å². The number of thiazole rings is 1. The van der Waals surface area contributed by atoms with Crippen LogP contribution in [-0.4, -0.2) is 20.0 Å². The van der Waals surface area contributed by atoms with Crippen molar-refractivity contribution in [2.75, 3.05) is 6.61 Å². The summed E-state index contributed by atoms with van der Waals surface area (Å²) in [4.78, 5) is 5.32. The van der Waals surface area contributed by atoms with E-state index in [-0.39, 0.29) is 29.3 Å². The Kier molecular flexibility index (Phi) is 18.9. The summed E-state index contributed by atoms with van der Waals surface area (Å²) in [6, 6.07) is 34.2. The number of nitrogens with zero attached hydrogens (tertiary/aromatic N) is 1. The molecule has 0 aliphatic rings. The molecule has 56 heavy (non-hydrogen) atoms. The Balaban J connectivity index is 1.33. The van der Waals surface area contributed by atoms with E-state index in [1.807, 2.05) is 48.5 Å². The van der Waals surface area contributed by atoms with E-state index in [0.29, 0.717) is 0 Å². The largest absolute Gasteiger partial charge is 0.296 e. The smallest absolute Gasteiger partial charge is 0.266 e. The summed E-state index contributed by atoms with van der Waals surface area (Å²) in [6.45, 7) is 4.50. The van der Waals surface area contributed by atoms with Crippen LogP contribution < -0.4 is 0 Å². The maximum absolute atomic E-state index is 13.9. The number of rotatable bonds is 27. The number of hydrogen-bond acceptors (Lipinski definition) is 5. The number of unbranched alkanes of at least 4 members (excludes halogenated alkanes) is 13. The SMILES string of the molecule is CCCCCCCCCCCCc1ccc(S(=O)(=O)OCC(c2nc3ccccc3s2)C(CC(CCCCCCC)c2ccccc2Cl)c2ccccc2)cc1. The average molecular weight is 815 g/mol. The van der Waals surface area contributed by atoms with Crippen molar-refractivity contribution in [2.45, 2.75) is 152 Å². The maximum Gasteiger partial charge on any atom is 0.296 e. The van der Waals surface area contributed by atoms with Crippen molar-refractivity contribution in [3.05, 3.63) is 130 Å². The summed E-state index contributed by atoms with van der Waals surface area (Å²) in [7, 11) is -4.02. The van der Waals surface area contributed by atoms with Gasteiger partial charge in [0.2, 0.25) is 0 Å². The second kappa shape index (κ2) is 24.0. The summed E-state index contributed by atoms with van der Waals surface area (Å²) < 4.78 is 35.0. The maximum atomic E-state index is 13.9. The molecule has 0 saturated carbocycles. The van der Waals surface area contributed by atoms with Crippen LogP contribution in [-0.2, 0) is 20.7 Å². The van der Waals surface area contributed by atoms with Crippen LogP contribution in [0.1, 0.15) is 162 Å². The Morgan fingerprint density at radius 1 is 0.643 bits per heavy atom. The van der Waals surface area contributed by atoms with E-state index in [1.165, 1.54) is 89.0 Å². The zero-order valence-corrected chi connectivity index (χ0v) is 36.2. The molecular formula is C49H64ClNO3S2. The first-order chi connectivity index (χ1) is 27.4. The van der Waals surface area contributed by atoms with Crippen molar-refractivity contribution >= 4 is 43.3 Å². The third-order valence-corrected chi connectivity index (χ3v) is 14.1. The quantitative estimate of drug-likeness (QED) is 0.0391. The first-order valence-corrected chi connectivity index (χ1v) is 24.1. The topological polar surface area (TPSA) is 56.3 Å². The Morgan fingerprint density at radius 3 is 1.89 bits per heavy atom. The fraction of sp³-hybridized carbons (Fsp3) is 0.490. The monoisotopic (exact) mass is 813 g/mol. The summed E-state index contributed by atoms with van der Waals surface area (Å²) in [5.41, 5.74) is 4.39. The lowest BCUT2D eigenvalue weighted by Crippen LogP contribution is -2.22. The molecule has 3 atom stereocenters.